The topological polar surface area (TPSA) is 176 Å². The van der Waals surface area contributed by atoms with Gasteiger partial charge in [-0.2, -0.15) is 0 Å². The molecule has 0 aromatic carbocycles. The number of nitrogens with two attached hydrogens (primary N) is 1. The minimum atomic E-state index is -1.08. The van der Waals surface area contributed by atoms with Gasteiger partial charge in [-0.3, -0.25) is 4.79 Å². The zero-order valence-electron chi connectivity index (χ0n) is 20.0. The first kappa shape index (κ1) is 48.3. The molecule has 12 heteroatoms. The second-order valence-corrected chi connectivity index (χ2v) is 5.48. The van der Waals surface area contributed by atoms with E-state index in [-0.39, 0.29) is 94.6 Å². The third-order valence-electron chi connectivity index (χ3n) is 2.47. The molecule has 0 aliphatic rings. The van der Waals surface area contributed by atoms with Crippen molar-refractivity contribution in [3.8, 4) is 0 Å². The van der Waals surface area contributed by atoms with Crippen LogP contribution in [0, 0.1) is 0 Å². The summed E-state index contributed by atoms with van der Waals surface area (Å²) < 4.78 is 0. The third-order valence-corrected chi connectivity index (χ3v) is 2.47. The number of hydrogen-bond donors (Lipinski definition) is 2. The molecule has 0 unspecified atom stereocenters. The van der Waals surface area contributed by atoms with Gasteiger partial charge in [0.1, 0.15) is 0 Å². The largest absolute Gasteiger partial charge is 1.00 e. The van der Waals surface area contributed by atoms with Crippen LogP contribution in [0.3, 0.4) is 0 Å². The molecule has 0 atom stereocenters. The molecule has 0 saturated carbocycles. The normalized spacial score (nSPS) is 7.63. The van der Waals surface area contributed by atoms with Crippen LogP contribution in [0.15, 0.2) is 0 Å². The van der Waals surface area contributed by atoms with Gasteiger partial charge in [0.05, 0.1) is 0 Å². The van der Waals surface area contributed by atoms with Gasteiger partial charge < -0.3 is 40.8 Å². The van der Waals surface area contributed by atoms with Gasteiger partial charge in [0.2, 0.25) is 5.91 Å². The van der Waals surface area contributed by atoms with Crippen LogP contribution in [0.4, 0.5) is 0 Å². The molecule has 30 heavy (non-hydrogen) atoms. The fraction of sp³-hybridized carbons (Fsp3) is 0.778. The van der Waals surface area contributed by atoms with Gasteiger partial charge in [-0.15, -0.1) is 0 Å². The molecule has 0 fully saturated rings. The van der Waals surface area contributed by atoms with Crippen molar-refractivity contribution >= 4 is 23.8 Å². The van der Waals surface area contributed by atoms with Crippen molar-refractivity contribution in [3.63, 3.8) is 0 Å². The monoisotopic (exact) mass is 460 g/mol. The van der Waals surface area contributed by atoms with Crippen LogP contribution in [-0.2, 0) is 19.2 Å². The smallest absolute Gasteiger partial charge is 0.550 e. The summed E-state index contributed by atoms with van der Waals surface area (Å²) in [5, 5.41) is 29.4. The van der Waals surface area contributed by atoms with Crippen molar-refractivity contribution < 1.29 is 123 Å². The van der Waals surface area contributed by atoms with Crippen molar-refractivity contribution in [1.82, 2.24) is 5.32 Å². The van der Waals surface area contributed by atoms with E-state index in [2.05, 4.69) is 12.2 Å². The summed E-state index contributed by atoms with van der Waals surface area (Å²) in [6.07, 6.45) is 9.42. The average Bonchev–Trinajstić information content (AvgIpc) is 2.50. The number of carboxylic acid groups (broad SMARTS) is 3. The summed E-state index contributed by atoms with van der Waals surface area (Å²) in [6, 6.07) is 0. The first-order valence-electron chi connectivity index (χ1n) is 9.00. The number of carboxylic acids is 3. The second-order valence-electron chi connectivity index (χ2n) is 5.48. The minimum Gasteiger partial charge on any atom is -0.550 e. The Hall–Kier alpha value is 0.840. The van der Waals surface area contributed by atoms with Crippen LogP contribution in [-0.4, -0.2) is 36.9 Å². The third kappa shape index (κ3) is 117. The number of unbranched alkanes of at least 4 members (excludes halogenated alkanes) is 6. The Balaban J connectivity index is -0.0000000589. The molecule has 0 spiro atoms. The maximum Gasteiger partial charge on any atom is 1.00 e. The Bertz CT molecular complexity index is 348. The molecule has 0 rings (SSSR count). The Labute approximate surface area is 247 Å². The Morgan fingerprint density at radius 2 is 1.00 bits per heavy atom. The summed E-state index contributed by atoms with van der Waals surface area (Å²) in [5.74, 6) is -3.10. The summed E-state index contributed by atoms with van der Waals surface area (Å²) in [7, 11) is 0. The molecule has 0 radical (unpaired) electrons. The molecule has 0 aromatic heterocycles. The summed E-state index contributed by atoms with van der Waals surface area (Å²) in [5.41, 5.74) is 5.28. The zero-order valence-corrected chi connectivity index (χ0v) is 26.0. The molecular weight excluding hydrogens is 425 g/mol. The van der Waals surface area contributed by atoms with E-state index in [0.29, 0.717) is 19.5 Å². The molecule has 0 heterocycles. The van der Waals surface area contributed by atoms with Gasteiger partial charge in [0, 0.05) is 37.4 Å². The van der Waals surface area contributed by atoms with E-state index in [1.54, 1.807) is 0 Å². The van der Waals surface area contributed by atoms with Crippen molar-refractivity contribution in [1.29, 1.82) is 0 Å². The van der Waals surface area contributed by atoms with Gasteiger partial charge in [-0.05, 0) is 27.2 Å². The summed E-state index contributed by atoms with van der Waals surface area (Å²) in [6.45, 7) is 6.28. The second kappa shape index (κ2) is 43.7. The van der Waals surface area contributed by atoms with E-state index >= 15 is 0 Å². The average molecular weight is 460 g/mol. The number of carbonyl (C=O) groups is 4. The molecular formula is C18H35N2Na3O7. The summed E-state index contributed by atoms with van der Waals surface area (Å²) in [4.78, 5) is 37.8. The van der Waals surface area contributed by atoms with Gasteiger partial charge in [-0.25, -0.2) is 0 Å². The summed E-state index contributed by atoms with van der Waals surface area (Å²) >= 11 is 0. The van der Waals surface area contributed by atoms with E-state index in [4.69, 9.17) is 35.4 Å². The molecule has 0 saturated heterocycles. The van der Waals surface area contributed by atoms with Crippen LogP contribution in [0.1, 0.15) is 79.1 Å². The fourth-order valence-electron chi connectivity index (χ4n) is 1.54. The van der Waals surface area contributed by atoms with Crippen molar-refractivity contribution in [2.75, 3.05) is 13.1 Å². The predicted molar refractivity (Wildman–Crippen MR) is 96.7 cm³/mol. The van der Waals surface area contributed by atoms with Crippen LogP contribution in [0.5, 0.6) is 0 Å². The number of amides is 1. The van der Waals surface area contributed by atoms with Gasteiger partial charge in [0.15, 0.2) is 0 Å². The number of carbonyl (C=O) groups excluding carboxylic acids is 4. The Morgan fingerprint density at radius 1 is 0.700 bits per heavy atom. The van der Waals surface area contributed by atoms with Crippen LogP contribution >= 0.6 is 0 Å². The fourth-order valence-corrected chi connectivity index (χ4v) is 1.54. The molecule has 0 aliphatic heterocycles. The molecule has 0 bridgehead atoms. The van der Waals surface area contributed by atoms with Crippen LogP contribution in [0.25, 0.3) is 0 Å². The van der Waals surface area contributed by atoms with Crippen LogP contribution in [0.2, 0.25) is 0 Å². The first-order chi connectivity index (χ1) is 12.5. The molecule has 3 N–H and O–H groups in total. The van der Waals surface area contributed by atoms with Crippen LogP contribution < -0.4 is 115 Å². The predicted octanol–water partition coefficient (Wildman–Crippen LogP) is -10.5. The van der Waals surface area contributed by atoms with Crippen molar-refractivity contribution in [2.45, 2.75) is 79.1 Å². The Kier molecular flexibility index (Phi) is 70.3. The standard InChI is InChI=1S/C12H26N2O.3C2H4O2.3Na/c1-2-3-4-5-6-7-8-9-12(15)14-11-10-13;3*1-2(3)4;;;/h2-11,13H2,1H3,(H,14,15);3*1H3,(H,3,4);;;/q;;;;3*+1/p-3. The van der Waals surface area contributed by atoms with E-state index < -0.39 is 17.9 Å². The molecule has 9 nitrogen and oxygen atoms in total. The number of hydrogen-bond acceptors (Lipinski definition) is 8. The van der Waals surface area contributed by atoms with E-state index in [0.717, 1.165) is 27.2 Å². The minimum absolute atomic E-state index is 0. The molecule has 0 aliphatic carbocycles. The molecule has 1 amide bonds. The van der Waals surface area contributed by atoms with E-state index in [1.165, 1.54) is 38.5 Å². The molecule has 0 aromatic rings. The quantitative estimate of drug-likeness (QED) is 0.239. The van der Waals surface area contributed by atoms with Gasteiger partial charge in [-0.1, -0.05) is 45.4 Å². The maximum absolute atomic E-state index is 11.2. The van der Waals surface area contributed by atoms with E-state index in [9.17, 15) is 4.79 Å². The zero-order chi connectivity index (χ0) is 22.1. The van der Waals surface area contributed by atoms with Crippen molar-refractivity contribution in [3.05, 3.63) is 0 Å². The Morgan fingerprint density at radius 3 is 1.30 bits per heavy atom. The van der Waals surface area contributed by atoms with Gasteiger partial charge >= 0.3 is 88.7 Å². The van der Waals surface area contributed by atoms with Gasteiger partial charge in [0.25, 0.3) is 0 Å². The van der Waals surface area contributed by atoms with E-state index in [1.807, 2.05) is 0 Å². The number of rotatable bonds is 10. The molecule has 162 valence electrons. The maximum atomic E-state index is 11.2. The number of nitrogens with one attached hydrogen (secondary N) is 1. The van der Waals surface area contributed by atoms with Crippen molar-refractivity contribution in [2.24, 2.45) is 5.73 Å². The number of aliphatic carboxylic acids is 3. The first-order valence-corrected chi connectivity index (χ1v) is 9.00. The SMILES string of the molecule is CC(=O)[O-].CC(=O)[O-].CC(=O)[O-].CCCCCCCCCC(=O)NCCN.[Na+].[Na+].[Na+].